The van der Waals surface area contributed by atoms with Gasteiger partial charge in [0.15, 0.2) is 11.5 Å². The van der Waals surface area contributed by atoms with Crippen molar-refractivity contribution in [2.75, 3.05) is 20.8 Å². The fraction of sp³-hybridized carbons (Fsp3) is 0.316. The number of rotatable bonds is 6. The molecule has 0 saturated carbocycles. The van der Waals surface area contributed by atoms with Crippen molar-refractivity contribution in [2.45, 2.75) is 19.6 Å². The minimum atomic E-state index is -4.77. The molecule has 0 radical (unpaired) electrons. The number of halogens is 3. The van der Waals surface area contributed by atoms with Crippen molar-refractivity contribution in [1.82, 2.24) is 4.90 Å². The topological polar surface area (TPSA) is 38.8 Å². The van der Waals surface area contributed by atoms with E-state index in [1.807, 2.05) is 0 Å². The smallest absolute Gasteiger partial charge is 0.487 e. The Bertz CT molecular complexity index is 758. The lowest BCUT2D eigenvalue weighted by molar-refractivity contribution is -0.224. The molecule has 1 amide bonds. The van der Waals surface area contributed by atoms with E-state index in [4.69, 9.17) is 9.47 Å². The van der Waals surface area contributed by atoms with Crippen molar-refractivity contribution in [2.24, 2.45) is 0 Å². The summed E-state index contributed by atoms with van der Waals surface area (Å²) >= 11 is 0. The first-order chi connectivity index (χ1) is 12.3. The van der Waals surface area contributed by atoms with Crippen LogP contribution < -0.4 is 9.47 Å². The Hall–Kier alpha value is -2.70. The highest BCUT2D eigenvalue weighted by Crippen LogP contribution is 2.29. The number of ether oxygens (including phenoxy) is 2. The van der Waals surface area contributed by atoms with Gasteiger partial charge < -0.3 is 9.47 Å². The Balaban J connectivity index is 2.19. The summed E-state index contributed by atoms with van der Waals surface area (Å²) in [5, 5.41) is 0. The number of benzene rings is 2. The van der Waals surface area contributed by atoms with Crippen LogP contribution in [0.4, 0.5) is 13.2 Å². The van der Waals surface area contributed by atoms with Crippen LogP contribution in [0.3, 0.4) is 0 Å². The first kappa shape index (κ1) is 19.6. The van der Waals surface area contributed by atoms with Gasteiger partial charge in [-0.25, -0.2) is 4.90 Å². The van der Waals surface area contributed by atoms with Crippen LogP contribution in [0.25, 0.3) is 0 Å². The molecule has 26 heavy (non-hydrogen) atoms. The number of nitrogens with zero attached hydrogens (tertiary/aromatic N) is 1. The van der Waals surface area contributed by atoms with Crippen LogP contribution in [0.15, 0.2) is 42.5 Å². The summed E-state index contributed by atoms with van der Waals surface area (Å²) in [7, 11) is 2.92. The maximum absolute atomic E-state index is 13.4. The van der Waals surface area contributed by atoms with E-state index in [0.29, 0.717) is 17.1 Å². The van der Waals surface area contributed by atoms with E-state index in [2.05, 4.69) is 0 Å². The zero-order valence-electron chi connectivity index (χ0n) is 14.8. The van der Waals surface area contributed by atoms with Gasteiger partial charge in [0.1, 0.15) is 0 Å². The molecule has 7 heteroatoms. The van der Waals surface area contributed by atoms with Crippen molar-refractivity contribution in [3.05, 3.63) is 59.2 Å². The molecule has 4 nitrogen and oxygen atoms in total. The molecule has 0 heterocycles. The first-order valence-corrected chi connectivity index (χ1v) is 7.92. The number of methoxy groups -OCH3 is 2. The second-order valence-corrected chi connectivity index (χ2v) is 5.73. The first-order valence-electron chi connectivity index (χ1n) is 7.92. The molecule has 0 aromatic heterocycles. The van der Waals surface area contributed by atoms with E-state index in [9.17, 15) is 18.0 Å². The molecule has 0 aliphatic heterocycles. The highest BCUT2D eigenvalue weighted by Gasteiger charge is 2.40. The van der Waals surface area contributed by atoms with E-state index in [0.717, 1.165) is 5.56 Å². The minimum Gasteiger partial charge on any atom is -0.493 e. The molecule has 0 bridgehead atoms. The molecule has 0 atom stereocenters. The van der Waals surface area contributed by atoms with Crippen molar-refractivity contribution in [3.63, 3.8) is 0 Å². The summed E-state index contributed by atoms with van der Waals surface area (Å²) in [5.74, 6) is -0.161. The van der Waals surface area contributed by atoms with E-state index in [1.165, 1.54) is 26.4 Å². The quantitative estimate of drug-likeness (QED) is 0.718. The molecular formula is C19H20F3NO3. The molecule has 0 fully saturated rings. The third kappa shape index (κ3) is 4.68. The molecule has 2 aromatic rings. The molecule has 0 aliphatic carbocycles. The van der Waals surface area contributed by atoms with Gasteiger partial charge in [0.25, 0.3) is 5.91 Å². The molecule has 0 unspecified atom stereocenters. The summed E-state index contributed by atoms with van der Waals surface area (Å²) in [6.45, 7) is 1.30. The Labute approximate surface area is 150 Å². The molecule has 0 spiro atoms. The van der Waals surface area contributed by atoms with Crippen molar-refractivity contribution in [3.8, 4) is 11.5 Å². The predicted octanol–water partition coefficient (Wildman–Crippen LogP) is 4.22. The molecule has 2 rings (SSSR count). The molecule has 0 N–H and O–H groups in total. The average Bonchev–Trinajstić information content (AvgIpc) is 2.61. The normalized spacial score (nSPS) is 11.2. The number of aryl methyl sites for hydroxylation is 1. The number of carbonyl (C=O) groups is 1. The van der Waals surface area contributed by atoms with Crippen LogP contribution in [-0.2, 0) is 6.42 Å². The summed E-state index contributed by atoms with van der Waals surface area (Å²) in [4.78, 5) is 12.2. The largest absolute Gasteiger partial charge is 0.493 e. The van der Waals surface area contributed by atoms with Gasteiger partial charge in [0.2, 0.25) is 0 Å². The standard InChI is InChI=1S/C19H20F3NO3/c1-13-4-7-15(8-5-13)18(24)23(19(20,21)22)11-10-14-6-9-16(25-2)17(12-14)26-3/h4-9,12H,10-11H2,1-3H3. The minimum absolute atomic E-state index is 0.000219. The highest BCUT2D eigenvalue weighted by atomic mass is 19.4. The second-order valence-electron chi connectivity index (χ2n) is 5.73. The lowest BCUT2D eigenvalue weighted by Gasteiger charge is -2.25. The Morgan fingerprint density at radius 1 is 1.00 bits per heavy atom. The maximum Gasteiger partial charge on any atom is 0.487 e. The Morgan fingerprint density at radius 2 is 1.62 bits per heavy atom. The summed E-state index contributed by atoms with van der Waals surface area (Å²) < 4.78 is 50.3. The van der Waals surface area contributed by atoms with Crippen LogP contribution in [-0.4, -0.2) is 37.9 Å². The molecule has 0 aliphatic rings. The van der Waals surface area contributed by atoms with Crippen LogP contribution >= 0.6 is 0 Å². The molecule has 140 valence electrons. The van der Waals surface area contributed by atoms with E-state index < -0.39 is 18.8 Å². The van der Waals surface area contributed by atoms with Crippen LogP contribution in [0.2, 0.25) is 0 Å². The van der Waals surface area contributed by atoms with Gasteiger partial charge in [0, 0.05) is 12.1 Å². The maximum atomic E-state index is 13.4. The highest BCUT2D eigenvalue weighted by molar-refractivity contribution is 5.94. The van der Waals surface area contributed by atoms with Gasteiger partial charge in [-0.05, 0) is 43.2 Å². The monoisotopic (exact) mass is 367 g/mol. The zero-order valence-corrected chi connectivity index (χ0v) is 14.8. The summed E-state index contributed by atoms with van der Waals surface area (Å²) in [5.41, 5.74) is 1.47. The number of carbonyl (C=O) groups excluding carboxylic acids is 1. The molecule has 0 saturated heterocycles. The fourth-order valence-electron chi connectivity index (χ4n) is 2.47. The summed E-state index contributed by atoms with van der Waals surface area (Å²) in [6.07, 6.45) is -4.74. The third-order valence-electron chi connectivity index (χ3n) is 3.92. The lowest BCUT2D eigenvalue weighted by atomic mass is 10.1. The van der Waals surface area contributed by atoms with Gasteiger partial charge in [-0.3, -0.25) is 4.79 Å². The Morgan fingerprint density at radius 3 is 2.15 bits per heavy atom. The van der Waals surface area contributed by atoms with Gasteiger partial charge in [-0.15, -0.1) is 13.2 Å². The third-order valence-corrected chi connectivity index (χ3v) is 3.92. The SMILES string of the molecule is COc1ccc(CCN(C(=O)c2ccc(C)cc2)C(F)(F)F)cc1OC. The van der Waals surface area contributed by atoms with Crippen molar-refractivity contribution < 1.29 is 27.4 Å². The van der Waals surface area contributed by atoms with Gasteiger partial charge in [-0.1, -0.05) is 23.8 Å². The number of amides is 1. The fourth-order valence-corrected chi connectivity index (χ4v) is 2.47. The second kappa shape index (κ2) is 8.12. The van der Waals surface area contributed by atoms with Crippen LogP contribution in [0, 0.1) is 6.92 Å². The van der Waals surface area contributed by atoms with Gasteiger partial charge >= 0.3 is 6.30 Å². The summed E-state index contributed by atoms with van der Waals surface area (Å²) in [6, 6.07) is 10.9. The average molecular weight is 367 g/mol. The molecular weight excluding hydrogens is 347 g/mol. The molecule has 2 aromatic carbocycles. The predicted molar refractivity (Wildman–Crippen MR) is 91.5 cm³/mol. The Kier molecular flexibility index (Phi) is 6.13. The van der Waals surface area contributed by atoms with Gasteiger partial charge in [-0.2, -0.15) is 0 Å². The van der Waals surface area contributed by atoms with Crippen LogP contribution in [0.5, 0.6) is 11.5 Å². The zero-order chi connectivity index (χ0) is 19.3. The number of hydrogen-bond donors (Lipinski definition) is 0. The number of hydrogen-bond acceptors (Lipinski definition) is 3. The van der Waals surface area contributed by atoms with E-state index >= 15 is 0 Å². The van der Waals surface area contributed by atoms with Crippen LogP contribution in [0.1, 0.15) is 21.5 Å². The van der Waals surface area contributed by atoms with E-state index in [-0.39, 0.29) is 16.9 Å². The van der Waals surface area contributed by atoms with Crippen molar-refractivity contribution in [1.29, 1.82) is 0 Å². The number of alkyl halides is 3. The lowest BCUT2D eigenvalue weighted by Crippen LogP contribution is -2.44. The van der Waals surface area contributed by atoms with Crippen molar-refractivity contribution >= 4 is 5.91 Å². The van der Waals surface area contributed by atoms with Gasteiger partial charge in [0.05, 0.1) is 14.2 Å². The van der Waals surface area contributed by atoms with E-state index in [1.54, 1.807) is 37.3 Å².